The maximum atomic E-state index is 10.9. The van der Waals surface area contributed by atoms with Crippen molar-refractivity contribution in [3.8, 4) is 0 Å². The second-order valence-electron chi connectivity index (χ2n) is 4.49. The van der Waals surface area contributed by atoms with Gasteiger partial charge in [-0.15, -0.1) is 0 Å². The highest BCUT2D eigenvalue weighted by molar-refractivity contribution is 5.66. The number of carbonyl (C=O) groups excluding carboxylic acids is 1. The molecule has 0 fully saturated rings. The molecule has 0 rings (SSSR count). The van der Waals surface area contributed by atoms with Gasteiger partial charge < -0.3 is 10.1 Å². The number of carbonyl (C=O) groups is 1. The second kappa shape index (κ2) is 13.3. The van der Waals surface area contributed by atoms with Crippen LogP contribution in [-0.2, 0) is 4.74 Å². The fourth-order valence-electron chi connectivity index (χ4n) is 1.77. The molecule has 3 nitrogen and oxygen atoms in total. The molecule has 0 aliphatic carbocycles. The van der Waals surface area contributed by atoms with Gasteiger partial charge in [0.2, 0.25) is 0 Å². The van der Waals surface area contributed by atoms with Gasteiger partial charge in [0.05, 0.1) is 6.61 Å². The summed E-state index contributed by atoms with van der Waals surface area (Å²) < 4.78 is 4.99. The van der Waals surface area contributed by atoms with Gasteiger partial charge >= 0.3 is 6.09 Å². The van der Waals surface area contributed by atoms with Crippen LogP contribution in [0.1, 0.15) is 71.6 Å². The van der Waals surface area contributed by atoms with Gasteiger partial charge in [-0.3, -0.25) is 0 Å². The largest absolute Gasteiger partial charge is 0.450 e. The number of hydrogen-bond acceptors (Lipinski definition) is 2. The van der Waals surface area contributed by atoms with E-state index in [9.17, 15) is 4.79 Å². The topological polar surface area (TPSA) is 38.3 Å². The highest BCUT2D eigenvalue weighted by atomic mass is 16.5. The third-order valence-corrected chi connectivity index (χ3v) is 2.80. The van der Waals surface area contributed by atoms with E-state index in [-0.39, 0.29) is 6.09 Å². The molecule has 1 N–H and O–H groups in total. The van der Waals surface area contributed by atoms with E-state index < -0.39 is 0 Å². The maximum absolute atomic E-state index is 10.9. The number of nitrogens with one attached hydrogen (secondary N) is 1. The Morgan fingerprint density at radius 1 is 0.882 bits per heavy atom. The fraction of sp³-hybridized carbons (Fsp3) is 0.929. The molecule has 0 heterocycles. The zero-order valence-corrected chi connectivity index (χ0v) is 11.6. The number of ether oxygens (including phenoxy) is 1. The first-order valence-corrected chi connectivity index (χ1v) is 7.21. The van der Waals surface area contributed by atoms with Crippen LogP contribution in [0.15, 0.2) is 0 Å². The predicted molar refractivity (Wildman–Crippen MR) is 72.3 cm³/mol. The SMILES string of the molecule is CCCCCCCCCCCOC(=O)NCC. The zero-order chi connectivity index (χ0) is 12.8. The molecular weight excluding hydrogens is 214 g/mol. The quantitative estimate of drug-likeness (QED) is 0.550. The van der Waals surface area contributed by atoms with Gasteiger partial charge in [0.25, 0.3) is 0 Å². The van der Waals surface area contributed by atoms with Crippen molar-refractivity contribution in [1.82, 2.24) is 5.32 Å². The number of hydrogen-bond donors (Lipinski definition) is 1. The lowest BCUT2D eigenvalue weighted by atomic mass is 10.1. The van der Waals surface area contributed by atoms with Gasteiger partial charge in [-0.2, -0.15) is 0 Å². The molecule has 0 aromatic rings. The van der Waals surface area contributed by atoms with Gasteiger partial charge in [0.15, 0.2) is 0 Å². The van der Waals surface area contributed by atoms with Gasteiger partial charge in [0, 0.05) is 6.54 Å². The van der Waals surface area contributed by atoms with E-state index in [2.05, 4.69) is 12.2 Å². The Kier molecular flexibility index (Phi) is 12.8. The molecule has 0 atom stereocenters. The zero-order valence-electron chi connectivity index (χ0n) is 11.6. The lowest BCUT2D eigenvalue weighted by Gasteiger charge is -2.05. The minimum Gasteiger partial charge on any atom is -0.450 e. The van der Waals surface area contributed by atoms with E-state index in [4.69, 9.17) is 4.74 Å². The van der Waals surface area contributed by atoms with Crippen molar-refractivity contribution in [3.63, 3.8) is 0 Å². The Hall–Kier alpha value is -0.730. The van der Waals surface area contributed by atoms with E-state index >= 15 is 0 Å². The van der Waals surface area contributed by atoms with E-state index in [1.165, 1.54) is 51.4 Å². The number of amides is 1. The third-order valence-electron chi connectivity index (χ3n) is 2.80. The van der Waals surface area contributed by atoms with Crippen LogP contribution in [0, 0.1) is 0 Å². The first kappa shape index (κ1) is 16.3. The number of alkyl carbamates (subject to hydrolysis) is 1. The standard InChI is InChI=1S/C14H29NO2/c1-3-5-6-7-8-9-10-11-12-13-17-14(16)15-4-2/h3-13H2,1-2H3,(H,15,16). The van der Waals surface area contributed by atoms with E-state index in [1.807, 2.05) is 6.92 Å². The van der Waals surface area contributed by atoms with Crippen molar-refractivity contribution in [1.29, 1.82) is 0 Å². The summed E-state index contributed by atoms with van der Waals surface area (Å²) in [7, 11) is 0. The highest BCUT2D eigenvalue weighted by Gasteiger charge is 1.98. The molecule has 17 heavy (non-hydrogen) atoms. The first-order chi connectivity index (χ1) is 8.31. The summed E-state index contributed by atoms with van der Waals surface area (Å²) >= 11 is 0. The third kappa shape index (κ3) is 13.2. The Labute approximate surface area is 106 Å². The van der Waals surface area contributed by atoms with Crippen LogP contribution < -0.4 is 5.32 Å². The summed E-state index contributed by atoms with van der Waals surface area (Å²) in [6.45, 7) is 5.33. The van der Waals surface area contributed by atoms with E-state index in [0.717, 1.165) is 6.42 Å². The smallest absolute Gasteiger partial charge is 0.407 e. The summed E-state index contributed by atoms with van der Waals surface area (Å²) in [5.41, 5.74) is 0. The van der Waals surface area contributed by atoms with Gasteiger partial charge in [-0.05, 0) is 13.3 Å². The van der Waals surface area contributed by atoms with Crippen LogP contribution in [0.3, 0.4) is 0 Å². The summed E-state index contributed by atoms with van der Waals surface area (Å²) in [6.07, 6.45) is 11.3. The van der Waals surface area contributed by atoms with Crippen molar-refractivity contribution < 1.29 is 9.53 Å². The number of unbranched alkanes of at least 4 members (excludes halogenated alkanes) is 8. The van der Waals surface area contributed by atoms with Gasteiger partial charge in [-0.1, -0.05) is 58.3 Å². The average molecular weight is 243 g/mol. The van der Waals surface area contributed by atoms with Crippen molar-refractivity contribution >= 4 is 6.09 Å². The summed E-state index contributed by atoms with van der Waals surface area (Å²) in [5.74, 6) is 0. The van der Waals surface area contributed by atoms with E-state index in [0.29, 0.717) is 13.2 Å². The average Bonchev–Trinajstić information content (AvgIpc) is 2.32. The number of rotatable bonds is 11. The first-order valence-electron chi connectivity index (χ1n) is 7.21. The van der Waals surface area contributed by atoms with Crippen LogP contribution in [0.5, 0.6) is 0 Å². The fourth-order valence-corrected chi connectivity index (χ4v) is 1.77. The lowest BCUT2D eigenvalue weighted by molar-refractivity contribution is 0.144. The Morgan fingerprint density at radius 3 is 1.94 bits per heavy atom. The molecule has 3 heteroatoms. The molecule has 0 bridgehead atoms. The minimum absolute atomic E-state index is 0.285. The Balaban J connectivity index is 3.01. The second-order valence-corrected chi connectivity index (χ2v) is 4.49. The minimum atomic E-state index is -0.285. The molecule has 0 saturated heterocycles. The van der Waals surface area contributed by atoms with Crippen molar-refractivity contribution in [2.75, 3.05) is 13.2 Å². The Bertz CT molecular complexity index is 172. The molecule has 1 amide bonds. The predicted octanol–water partition coefficient (Wildman–Crippen LogP) is 4.26. The molecule has 102 valence electrons. The molecule has 0 aliphatic heterocycles. The van der Waals surface area contributed by atoms with Crippen molar-refractivity contribution in [2.24, 2.45) is 0 Å². The van der Waals surface area contributed by atoms with Gasteiger partial charge in [-0.25, -0.2) is 4.79 Å². The monoisotopic (exact) mass is 243 g/mol. The molecule has 0 aromatic carbocycles. The maximum Gasteiger partial charge on any atom is 0.407 e. The van der Waals surface area contributed by atoms with Crippen LogP contribution in [0.25, 0.3) is 0 Å². The van der Waals surface area contributed by atoms with Crippen LogP contribution >= 0.6 is 0 Å². The van der Waals surface area contributed by atoms with Crippen LogP contribution in [0.4, 0.5) is 4.79 Å². The molecule has 0 saturated carbocycles. The van der Waals surface area contributed by atoms with Crippen LogP contribution in [-0.4, -0.2) is 19.2 Å². The van der Waals surface area contributed by atoms with Crippen molar-refractivity contribution in [2.45, 2.75) is 71.6 Å². The lowest BCUT2D eigenvalue weighted by Crippen LogP contribution is -2.23. The van der Waals surface area contributed by atoms with Crippen molar-refractivity contribution in [3.05, 3.63) is 0 Å². The van der Waals surface area contributed by atoms with Gasteiger partial charge in [0.1, 0.15) is 0 Å². The van der Waals surface area contributed by atoms with Crippen LogP contribution in [0.2, 0.25) is 0 Å². The molecule has 0 radical (unpaired) electrons. The Morgan fingerprint density at radius 2 is 1.41 bits per heavy atom. The highest BCUT2D eigenvalue weighted by Crippen LogP contribution is 2.09. The summed E-state index contributed by atoms with van der Waals surface area (Å²) in [5, 5.41) is 2.62. The molecule has 0 spiro atoms. The molecule has 0 aromatic heterocycles. The molecular formula is C14H29NO2. The van der Waals surface area contributed by atoms with E-state index in [1.54, 1.807) is 0 Å². The summed E-state index contributed by atoms with van der Waals surface area (Å²) in [6, 6.07) is 0. The summed E-state index contributed by atoms with van der Waals surface area (Å²) in [4.78, 5) is 10.9. The normalized spacial score (nSPS) is 10.2. The molecule has 0 aliphatic rings. The molecule has 0 unspecified atom stereocenters.